The summed E-state index contributed by atoms with van der Waals surface area (Å²) in [6, 6.07) is 3.50. The highest BCUT2D eigenvalue weighted by Crippen LogP contribution is 2.21. The zero-order valence-electron chi connectivity index (χ0n) is 8.53. The number of para-hydroxylation sites is 1. The first-order valence-electron chi connectivity index (χ1n) is 4.70. The van der Waals surface area contributed by atoms with Crippen LogP contribution in [0.15, 0.2) is 30.6 Å². The maximum Gasteiger partial charge on any atom is 0.191 e. The van der Waals surface area contributed by atoms with Crippen LogP contribution in [0.25, 0.3) is 0 Å². The van der Waals surface area contributed by atoms with E-state index in [4.69, 9.17) is 16.3 Å². The Hall–Kier alpha value is -1.75. The predicted molar refractivity (Wildman–Crippen MR) is 57.7 cm³/mol. The van der Waals surface area contributed by atoms with Crippen molar-refractivity contribution in [2.75, 3.05) is 0 Å². The Bertz CT molecular complexity index is 499. The molecule has 0 saturated heterocycles. The molecule has 1 aromatic carbocycles. The molecule has 88 valence electrons. The van der Waals surface area contributed by atoms with Crippen molar-refractivity contribution in [2.45, 2.75) is 6.61 Å². The molecular weight excluding hydrogens is 250 g/mol. The van der Waals surface area contributed by atoms with Crippen molar-refractivity contribution in [3.8, 4) is 5.75 Å². The normalized spacial score (nSPS) is 10.3. The van der Waals surface area contributed by atoms with Crippen molar-refractivity contribution in [1.82, 2.24) is 9.97 Å². The second kappa shape index (κ2) is 5.05. The predicted octanol–water partition coefficient (Wildman–Crippen LogP) is 2.99. The number of benzene rings is 1. The molecule has 0 fully saturated rings. The van der Waals surface area contributed by atoms with E-state index in [-0.39, 0.29) is 11.8 Å². The lowest BCUT2D eigenvalue weighted by molar-refractivity contribution is 0.270. The second-order valence-corrected chi connectivity index (χ2v) is 3.56. The summed E-state index contributed by atoms with van der Waals surface area (Å²) in [6.45, 7) is -0.0813. The lowest BCUT2D eigenvalue weighted by atomic mass is 10.3. The van der Waals surface area contributed by atoms with Gasteiger partial charge in [0, 0.05) is 0 Å². The number of hydrogen-bond donors (Lipinski definition) is 0. The van der Waals surface area contributed by atoms with Gasteiger partial charge in [-0.15, -0.1) is 0 Å². The third-order valence-electron chi connectivity index (χ3n) is 1.96. The molecule has 1 heterocycles. The van der Waals surface area contributed by atoms with Crippen LogP contribution in [0.1, 0.15) is 5.69 Å². The maximum absolute atomic E-state index is 13.2. The van der Waals surface area contributed by atoms with Crippen LogP contribution in [-0.2, 0) is 6.61 Å². The van der Waals surface area contributed by atoms with E-state index in [1.165, 1.54) is 18.5 Å². The fourth-order valence-corrected chi connectivity index (χ4v) is 1.28. The van der Waals surface area contributed by atoms with Gasteiger partial charge in [0.25, 0.3) is 0 Å². The summed E-state index contributed by atoms with van der Waals surface area (Å²) >= 11 is 5.54. The Morgan fingerprint density at radius 2 is 1.82 bits per heavy atom. The number of hydrogen-bond acceptors (Lipinski definition) is 3. The Morgan fingerprint density at radius 3 is 2.41 bits per heavy atom. The Kier molecular flexibility index (Phi) is 3.49. The number of nitrogens with zero attached hydrogens (tertiary/aromatic N) is 2. The van der Waals surface area contributed by atoms with Gasteiger partial charge in [0.05, 0.1) is 18.1 Å². The van der Waals surface area contributed by atoms with E-state index < -0.39 is 17.4 Å². The van der Waals surface area contributed by atoms with Gasteiger partial charge in [-0.1, -0.05) is 17.7 Å². The standard InChI is InChI=1S/C11H7ClF2N2O/c12-10-5-15-7(4-16-10)6-17-11-8(13)2-1-3-9(11)14/h1-5H,6H2. The van der Waals surface area contributed by atoms with Gasteiger partial charge in [0.2, 0.25) is 0 Å². The molecule has 0 unspecified atom stereocenters. The van der Waals surface area contributed by atoms with Gasteiger partial charge >= 0.3 is 0 Å². The first kappa shape index (κ1) is 11.7. The summed E-state index contributed by atoms with van der Waals surface area (Å²) in [6.07, 6.45) is 2.71. The summed E-state index contributed by atoms with van der Waals surface area (Å²) in [5, 5.41) is 0.242. The molecule has 0 aliphatic rings. The monoisotopic (exact) mass is 256 g/mol. The topological polar surface area (TPSA) is 35.0 Å². The van der Waals surface area contributed by atoms with Crippen LogP contribution in [0, 0.1) is 11.6 Å². The lowest BCUT2D eigenvalue weighted by Gasteiger charge is -2.07. The molecule has 0 bridgehead atoms. The van der Waals surface area contributed by atoms with Crippen molar-refractivity contribution >= 4 is 11.6 Å². The van der Waals surface area contributed by atoms with Crippen molar-refractivity contribution in [1.29, 1.82) is 0 Å². The van der Waals surface area contributed by atoms with Gasteiger partial charge in [-0.2, -0.15) is 0 Å². The maximum atomic E-state index is 13.2. The SMILES string of the molecule is Fc1cccc(F)c1OCc1cnc(Cl)cn1. The number of rotatable bonds is 3. The van der Waals surface area contributed by atoms with Crippen LogP contribution >= 0.6 is 11.6 Å². The zero-order chi connectivity index (χ0) is 12.3. The smallest absolute Gasteiger partial charge is 0.191 e. The van der Waals surface area contributed by atoms with E-state index in [1.54, 1.807) is 0 Å². The molecule has 0 N–H and O–H groups in total. The highest BCUT2D eigenvalue weighted by atomic mass is 35.5. The van der Waals surface area contributed by atoms with Crippen molar-refractivity contribution < 1.29 is 13.5 Å². The van der Waals surface area contributed by atoms with Crippen LogP contribution in [0.2, 0.25) is 5.15 Å². The van der Waals surface area contributed by atoms with Crippen LogP contribution < -0.4 is 4.74 Å². The molecule has 1 aromatic heterocycles. The summed E-state index contributed by atoms with van der Waals surface area (Å²) in [4.78, 5) is 7.66. The molecule has 0 aliphatic heterocycles. The minimum absolute atomic E-state index is 0.0813. The second-order valence-electron chi connectivity index (χ2n) is 3.17. The molecular formula is C11H7ClF2N2O. The Morgan fingerprint density at radius 1 is 1.12 bits per heavy atom. The molecule has 0 amide bonds. The average molecular weight is 257 g/mol. The summed E-state index contributed by atoms with van der Waals surface area (Å²) in [5.41, 5.74) is 0.428. The van der Waals surface area contributed by atoms with Crippen LogP contribution in [0.5, 0.6) is 5.75 Å². The van der Waals surface area contributed by atoms with Crippen molar-refractivity contribution in [3.63, 3.8) is 0 Å². The van der Waals surface area contributed by atoms with Gasteiger partial charge in [-0.25, -0.2) is 13.8 Å². The Balaban J connectivity index is 2.10. The molecule has 17 heavy (non-hydrogen) atoms. The largest absolute Gasteiger partial charge is 0.481 e. The summed E-state index contributed by atoms with van der Waals surface area (Å²) in [5.74, 6) is -1.94. The van der Waals surface area contributed by atoms with Crippen LogP contribution in [0.4, 0.5) is 8.78 Å². The average Bonchev–Trinajstić information content (AvgIpc) is 2.31. The molecule has 3 nitrogen and oxygen atoms in total. The molecule has 0 aliphatic carbocycles. The molecule has 0 saturated carbocycles. The molecule has 0 atom stereocenters. The summed E-state index contributed by atoms with van der Waals surface area (Å²) < 4.78 is 31.4. The van der Waals surface area contributed by atoms with Crippen molar-refractivity contribution in [2.24, 2.45) is 0 Å². The van der Waals surface area contributed by atoms with E-state index in [0.717, 1.165) is 12.1 Å². The zero-order valence-corrected chi connectivity index (χ0v) is 9.29. The van der Waals surface area contributed by atoms with E-state index in [2.05, 4.69) is 9.97 Å². The number of ether oxygens (including phenoxy) is 1. The first-order valence-corrected chi connectivity index (χ1v) is 5.08. The molecule has 2 aromatic rings. The van der Waals surface area contributed by atoms with Crippen LogP contribution in [-0.4, -0.2) is 9.97 Å². The fourth-order valence-electron chi connectivity index (χ4n) is 1.18. The Labute approximate surface area is 101 Å². The van der Waals surface area contributed by atoms with Gasteiger partial charge in [0.15, 0.2) is 17.4 Å². The lowest BCUT2D eigenvalue weighted by Crippen LogP contribution is -2.02. The third kappa shape index (κ3) is 2.88. The van der Waals surface area contributed by atoms with E-state index >= 15 is 0 Å². The molecule has 0 spiro atoms. The molecule has 0 radical (unpaired) electrons. The van der Waals surface area contributed by atoms with Crippen molar-refractivity contribution in [3.05, 3.63) is 53.1 Å². The molecule has 6 heteroatoms. The van der Waals surface area contributed by atoms with E-state index in [1.807, 2.05) is 0 Å². The van der Waals surface area contributed by atoms with Gasteiger partial charge in [-0.3, -0.25) is 4.98 Å². The number of halogens is 3. The van der Waals surface area contributed by atoms with E-state index in [0.29, 0.717) is 5.69 Å². The number of aromatic nitrogens is 2. The highest BCUT2D eigenvalue weighted by Gasteiger charge is 2.09. The fraction of sp³-hybridized carbons (Fsp3) is 0.0909. The third-order valence-corrected chi connectivity index (χ3v) is 2.15. The van der Waals surface area contributed by atoms with Gasteiger partial charge < -0.3 is 4.74 Å². The highest BCUT2D eigenvalue weighted by molar-refractivity contribution is 6.29. The minimum atomic E-state index is -0.757. The quantitative estimate of drug-likeness (QED) is 0.847. The summed E-state index contributed by atoms with van der Waals surface area (Å²) in [7, 11) is 0. The van der Waals surface area contributed by atoms with Gasteiger partial charge in [0.1, 0.15) is 11.8 Å². The van der Waals surface area contributed by atoms with Gasteiger partial charge in [-0.05, 0) is 12.1 Å². The van der Waals surface area contributed by atoms with E-state index in [9.17, 15) is 8.78 Å². The minimum Gasteiger partial charge on any atom is -0.481 e. The van der Waals surface area contributed by atoms with Crippen LogP contribution in [0.3, 0.4) is 0 Å². The molecule has 2 rings (SSSR count). The first-order chi connectivity index (χ1) is 8.16.